The lowest BCUT2D eigenvalue weighted by molar-refractivity contribution is 0.508. The SMILES string of the molecule is CCCC(CCC)N1CCc2c(C)nc3cc(C)nn3c21. The molecule has 4 heteroatoms. The molecule has 0 amide bonds. The molecular formula is C17H26N4. The minimum absolute atomic E-state index is 0.635. The van der Waals surface area contributed by atoms with Crippen LogP contribution in [0.2, 0.25) is 0 Å². The predicted octanol–water partition coefficient (Wildman–Crippen LogP) is 3.68. The van der Waals surface area contributed by atoms with Gasteiger partial charge in [0.05, 0.1) is 5.69 Å². The van der Waals surface area contributed by atoms with Gasteiger partial charge in [-0.15, -0.1) is 0 Å². The average Bonchev–Trinajstić information content (AvgIpc) is 3.01. The van der Waals surface area contributed by atoms with Crippen LogP contribution in [0.4, 0.5) is 5.82 Å². The first-order chi connectivity index (χ1) is 10.2. The highest BCUT2D eigenvalue weighted by atomic mass is 15.4. The van der Waals surface area contributed by atoms with Gasteiger partial charge < -0.3 is 4.90 Å². The highest BCUT2D eigenvalue weighted by Crippen LogP contribution is 2.34. The third kappa shape index (κ3) is 2.41. The Kier molecular flexibility index (Phi) is 3.87. The topological polar surface area (TPSA) is 33.4 Å². The molecule has 2 aromatic rings. The summed E-state index contributed by atoms with van der Waals surface area (Å²) in [6.45, 7) is 9.86. The minimum Gasteiger partial charge on any atom is -0.353 e. The van der Waals surface area contributed by atoms with Crippen molar-refractivity contribution in [2.75, 3.05) is 11.4 Å². The molecule has 1 aliphatic heterocycles. The fraction of sp³-hybridized carbons (Fsp3) is 0.647. The van der Waals surface area contributed by atoms with E-state index in [1.807, 2.05) is 6.92 Å². The molecule has 0 bridgehead atoms. The molecule has 0 N–H and O–H groups in total. The third-order valence-electron chi connectivity index (χ3n) is 4.56. The highest BCUT2D eigenvalue weighted by Gasteiger charge is 2.30. The van der Waals surface area contributed by atoms with Crippen LogP contribution in [-0.2, 0) is 6.42 Å². The molecule has 114 valence electrons. The fourth-order valence-corrected chi connectivity index (χ4v) is 3.65. The van der Waals surface area contributed by atoms with Gasteiger partial charge in [-0.2, -0.15) is 9.61 Å². The van der Waals surface area contributed by atoms with Gasteiger partial charge in [0, 0.05) is 29.9 Å². The summed E-state index contributed by atoms with van der Waals surface area (Å²) in [6.07, 6.45) is 6.10. The minimum atomic E-state index is 0.635. The van der Waals surface area contributed by atoms with E-state index in [1.165, 1.54) is 42.8 Å². The third-order valence-corrected chi connectivity index (χ3v) is 4.56. The maximum Gasteiger partial charge on any atom is 0.157 e. The van der Waals surface area contributed by atoms with Gasteiger partial charge in [-0.1, -0.05) is 26.7 Å². The van der Waals surface area contributed by atoms with Crippen LogP contribution < -0.4 is 4.90 Å². The van der Waals surface area contributed by atoms with Crippen LogP contribution in [0.5, 0.6) is 0 Å². The fourth-order valence-electron chi connectivity index (χ4n) is 3.65. The standard InChI is InChI=1S/C17H26N4/c1-5-7-14(8-6-2)20-10-9-15-13(4)18-16-11-12(3)19-21(16)17(15)20/h11,14H,5-10H2,1-4H3. The number of anilines is 1. The van der Waals surface area contributed by atoms with E-state index in [9.17, 15) is 0 Å². The van der Waals surface area contributed by atoms with Crippen molar-refractivity contribution in [3.8, 4) is 0 Å². The number of aryl methyl sites for hydroxylation is 2. The Morgan fingerprint density at radius 2 is 1.90 bits per heavy atom. The van der Waals surface area contributed by atoms with Gasteiger partial charge in [-0.05, 0) is 33.1 Å². The lowest BCUT2D eigenvalue weighted by atomic mass is 10.1. The second-order valence-corrected chi connectivity index (χ2v) is 6.23. The summed E-state index contributed by atoms with van der Waals surface area (Å²) in [5.41, 5.74) is 4.60. The molecule has 0 saturated carbocycles. The highest BCUT2D eigenvalue weighted by molar-refractivity contribution is 5.61. The molecule has 0 spiro atoms. The summed E-state index contributed by atoms with van der Waals surface area (Å²) < 4.78 is 2.07. The molecule has 3 heterocycles. The molecule has 0 atom stereocenters. The summed E-state index contributed by atoms with van der Waals surface area (Å²) in [5.74, 6) is 1.30. The second-order valence-electron chi connectivity index (χ2n) is 6.23. The molecule has 0 unspecified atom stereocenters. The summed E-state index contributed by atoms with van der Waals surface area (Å²) in [6, 6.07) is 2.72. The molecule has 3 rings (SSSR count). The van der Waals surface area contributed by atoms with Crippen LogP contribution >= 0.6 is 0 Å². The quantitative estimate of drug-likeness (QED) is 0.840. The Balaban J connectivity index is 2.10. The Morgan fingerprint density at radius 3 is 2.57 bits per heavy atom. The van der Waals surface area contributed by atoms with E-state index in [2.05, 4.69) is 36.3 Å². The average molecular weight is 286 g/mol. The maximum atomic E-state index is 4.73. The number of hydrogen-bond acceptors (Lipinski definition) is 3. The van der Waals surface area contributed by atoms with Crippen molar-refractivity contribution in [3.05, 3.63) is 23.0 Å². The van der Waals surface area contributed by atoms with E-state index in [0.29, 0.717) is 6.04 Å². The monoisotopic (exact) mass is 286 g/mol. The first kappa shape index (κ1) is 14.4. The summed E-state index contributed by atoms with van der Waals surface area (Å²) >= 11 is 0. The van der Waals surface area contributed by atoms with E-state index >= 15 is 0 Å². The lowest BCUT2D eigenvalue weighted by Crippen LogP contribution is -2.35. The molecule has 0 aliphatic carbocycles. The van der Waals surface area contributed by atoms with Gasteiger partial charge in [0.25, 0.3) is 0 Å². The van der Waals surface area contributed by atoms with Gasteiger partial charge >= 0.3 is 0 Å². The normalized spacial score (nSPS) is 14.4. The Morgan fingerprint density at radius 1 is 1.19 bits per heavy atom. The zero-order chi connectivity index (χ0) is 15.0. The summed E-state index contributed by atoms with van der Waals surface area (Å²) in [5, 5.41) is 4.69. The van der Waals surface area contributed by atoms with E-state index in [-0.39, 0.29) is 0 Å². The van der Waals surface area contributed by atoms with Gasteiger partial charge in [0.1, 0.15) is 5.82 Å². The van der Waals surface area contributed by atoms with Gasteiger partial charge in [-0.25, -0.2) is 4.98 Å². The molecule has 0 aromatic carbocycles. The van der Waals surface area contributed by atoms with Crippen LogP contribution in [0.1, 0.15) is 56.5 Å². The van der Waals surface area contributed by atoms with Crippen LogP contribution in [0.15, 0.2) is 6.07 Å². The van der Waals surface area contributed by atoms with Crippen molar-refractivity contribution in [1.29, 1.82) is 0 Å². The Bertz CT molecular complexity index is 638. The Labute approximate surface area is 127 Å². The number of aromatic nitrogens is 3. The molecular weight excluding hydrogens is 260 g/mol. The molecule has 0 saturated heterocycles. The van der Waals surface area contributed by atoms with E-state index in [0.717, 1.165) is 24.3 Å². The molecule has 1 aliphatic rings. The molecule has 2 aromatic heterocycles. The van der Waals surface area contributed by atoms with Crippen molar-refractivity contribution in [2.24, 2.45) is 0 Å². The van der Waals surface area contributed by atoms with Crippen molar-refractivity contribution >= 4 is 11.5 Å². The van der Waals surface area contributed by atoms with Crippen molar-refractivity contribution in [2.45, 2.75) is 65.8 Å². The van der Waals surface area contributed by atoms with E-state index in [1.54, 1.807) is 0 Å². The number of nitrogens with zero attached hydrogens (tertiary/aromatic N) is 4. The molecule has 0 radical (unpaired) electrons. The number of rotatable bonds is 5. The zero-order valence-corrected chi connectivity index (χ0v) is 13.7. The summed E-state index contributed by atoms with van der Waals surface area (Å²) in [4.78, 5) is 7.32. The summed E-state index contributed by atoms with van der Waals surface area (Å²) in [7, 11) is 0. The number of fused-ring (bicyclic) bond motifs is 3. The molecule has 4 nitrogen and oxygen atoms in total. The van der Waals surface area contributed by atoms with E-state index < -0.39 is 0 Å². The second kappa shape index (κ2) is 5.66. The van der Waals surface area contributed by atoms with Crippen molar-refractivity contribution < 1.29 is 0 Å². The predicted molar refractivity (Wildman–Crippen MR) is 87.1 cm³/mol. The van der Waals surface area contributed by atoms with Gasteiger partial charge in [0.2, 0.25) is 0 Å². The van der Waals surface area contributed by atoms with E-state index in [4.69, 9.17) is 10.1 Å². The molecule has 21 heavy (non-hydrogen) atoms. The first-order valence-corrected chi connectivity index (χ1v) is 8.28. The smallest absolute Gasteiger partial charge is 0.157 e. The lowest BCUT2D eigenvalue weighted by Gasteiger charge is -2.30. The van der Waals surface area contributed by atoms with Crippen LogP contribution in [-0.4, -0.2) is 27.2 Å². The largest absolute Gasteiger partial charge is 0.353 e. The first-order valence-electron chi connectivity index (χ1n) is 8.28. The van der Waals surface area contributed by atoms with Gasteiger partial charge in [0.15, 0.2) is 5.65 Å². The van der Waals surface area contributed by atoms with Crippen LogP contribution in [0.3, 0.4) is 0 Å². The number of hydrogen-bond donors (Lipinski definition) is 0. The Hall–Kier alpha value is -1.58. The molecule has 0 fully saturated rings. The van der Waals surface area contributed by atoms with Crippen molar-refractivity contribution in [3.63, 3.8) is 0 Å². The zero-order valence-electron chi connectivity index (χ0n) is 13.7. The van der Waals surface area contributed by atoms with Crippen molar-refractivity contribution in [1.82, 2.24) is 14.6 Å². The maximum absolute atomic E-state index is 4.73. The van der Waals surface area contributed by atoms with Gasteiger partial charge in [-0.3, -0.25) is 0 Å². The van der Waals surface area contributed by atoms with Crippen LogP contribution in [0.25, 0.3) is 5.65 Å². The van der Waals surface area contributed by atoms with Crippen LogP contribution in [0, 0.1) is 13.8 Å².